The smallest absolute Gasteiger partial charge is 0.295 e. The van der Waals surface area contributed by atoms with Gasteiger partial charge in [0.15, 0.2) is 0 Å². The van der Waals surface area contributed by atoms with Gasteiger partial charge >= 0.3 is 0 Å². The van der Waals surface area contributed by atoms with Crippen LogP contribution in [-0.2, 0) is 9.59 Å². The van der Waals surface area contributed by atoms with Crippen LogP contribution in [-0.4, -0.2) is 75.1 Å². The van der Waals surface area contributed by atoms with Crippen molar-refractivity contribution < 1.29 is 28.9 Å². The number of nitrogens with zero attached hydrogens (tertiary/aromatic N) is 2. The summed E-state index contributed by atoms with van der Waals surface area (Å²) in [4.78, 5) is 29.5. The second kappa shape index (κ2) is 9.74. The molecule has 0 saturated carbocycles. The van der Waals surface area contributed by atoms with E-state index in [-0.39, 0.29) is 16.9 Å². The zero-order chi connectivity index (χ0) is 23.4. The molecule has 2 aromatic carbocycles. The summed E-state index contributed by atoms with van der Waals surface area (Å²) >= 11 is 0. The number of amides is 1. The third-order valence-electron chi connectivity index (χ3n) is 5.42. The molecule has 2 aromatic rings. The Hall–Kier alpha value is -3.52. The van der Waals surface area contributed by atoms with Gasteiger partial charge in [0.1, 0.15) is 23.0 Å². The molecule has 170 valence electrons. The molecule has 1 saturated heterocycles. The zero-order valence-electron chi connectivity index (χ0n) is 18.9. The van der Waals surface area contributed by atoms with Crippen LogP contribution in [0.1, 0.15) is 17.2 Å². The number of ketones is 1. The third kappa shape index (κ3) is 4.40. The number of likely N-dealkylation sites (tertiary alicyclic amines) is 1. The molecule has 1 heterocycles. The quantitative estimate of drug-likeness (QED) is 0.384. The van der Waals surface area contributed by atoms with Crippen molar-refractivity contribution in [3.8, 4) is 17.2 Å². The Kier molecular flexibility index (Phi) is 7.05. The summed E-state index contributed by atoms with van der Waals surface area (Å²) in [6.45, 7) is 0.877. The maximum absolute atomic E-state index is 13.1. The van der Waals surface area contributed by atoms with Crippen LogP contribution >= 0.6 is 0 Å². The van der Waals surface area contributed by atoms with Crippen LogP contribution in [0.15, 0.2) is 48.0 Å². The van der Waals surface area contributed by atoms with Crippen LogP contribution in [0.3, 0.4) is 0 Å². The molecular formula is C24H28N2O6. The van der Waals surface area contributed by atoms with Gasteiger partial charge in [-0.1, -0.05) is 12.1 Å². The van der Waals surface area contributed by atoms with Crippen LogP contribution < -0.4 is 14.2 Å². The Bertz CT molecular complexity index is 1030. The maximum Gasteiger partial charge on any atom is 0.295 e. The number of rotatable bonds is 8. The summed E-state index contributed by atoms with van der Waals surface area (Å²) in [5, 5.41) is 11.3. The molecule has 8 heteroatoms. The fourth-order valence-corrected chi connectivity index (χ4v) is 3.70. The molecule has 1 aliphatic rings. The van der Waals surface area contributed by atoms with Gasteiger partial charge < -0.3 is 29.1 Å². The Morgan fingerprint density at radius 2 is 1.59 bits per heavy atom. The highest BCUT2D eigenvalue weighted by Gasteiger charge is 2.46. The summed E-state index contributed by atoms with van der Waals surface area (Å²) < 4.78 is 15.9. The highest BCUT2D eigenvalue weighted by molar-refractivity contribution is 6.46. The molecular weight excluding hydrogens is 412 g/mol. The number of aliphatic hydroxyl groups excluding tert-OH is 1. The van der Waals surface area contributed by atoms with Gasteiger partial charge in [0.05, 0.1) is 38.5 Å². The van der Waals surface area contributed by atoms with Crippen molar-refractivity contribution >= 4 is 17.4 Å². The molecule has 1 aliphatic heterocycles. The van der Waals surface area contributed by atoms with Crippen molar-refractivity contribution in [2.24, 2.45) is 0 Å². The highest BCUT2D eigenvalue weighted by Crippen LogP contribution is 2.41. The number of methoxy groups -OCH3 is 3. The largest absolute Gasteiger partial charge is 0.507 e. The Labute approximate surface area is 187 Å². The standard InChI is InChI=1S/C24H28N2O6/c1-25(2)12-13-26-21(15-6-8-16(30-3)9-7-15)20(23(28)24(26)29)22(27)18-14-17(31-4)10-11-19(18)32-5/h6-11,14,21,27H,12-13H2,1-5H3/b22-20+. The predicted molar refractivity (Wildman–Crippen MR) is 120 cm³/mol. The monoisotopic (exact) mass is 440 g/mol. The second-order valence-electron chi connectivity index (χ2n) is 7.64. The van der Waals surface area contributed by atoms with Gasteiger partial charge in [-0.15, -0.1) is 0 Å². The molecule has 0 aromatic heterocycles. The summed E-state index contributed by atoms with van der Waals surface area (Å²) in [6.07, 6.45) is 0. The molecule has 0 bridgehead atoms. The first-order valence-electron chi connectivity index (χ1n) is 10.1. The summed E-state index contributed by atoms with van der Waals surface area (Å²) in [5.74, 6) is -0.227. The maximum atomic E-state index is 13.1. The van der Waals surface area contributed by atoms with Crippen molar-refractivity contribution in [2.45, 2.75) is 6.04 Å². The van der Waals surface area contributed by atoms with E-state index in [0.717, 1.165) is 0 Å². The lowest BCUT2D eigenvalue weighted by atomic mass is 9.95. The molecule has 32 heavy (non-hydrogen) atoms. The molecule has 1 fully saturated rings. The van der Waals surface area contributed by atoms with Gasteiger partial charge in [0, 0.05) is 13.1 Å². The van der Waals surface area contributed by atoms with E-state index >= 15 is 0 Å². The molecule has 1 N–H and O–H groups in total. The highest BCUT2D eigenvalue weighted by atomic mass is 16.5. The Morgan fingerprint density at radius 1 is 0.969 bits per heavy atom. The minimum atomic E-state index is -0.753. The number of Topliss-reactive ketones (excluding diaryl/α,β-unsaturated/α-hetero) is 1. The molecule has 0 radical (unpaired) electrons. The lowest BCUT2D eigenvalue weighted by molar-refractivity contribution is -0.140. The van der Waals surface area contributed by atoms with Crippen LogP contribution in [0.2, 0.25) is 0 Å². The fraction of sp³-hybridized carbons (Fsp3) is 0.333. The summed E-state index contributed by atoms with van der Waals surface area (Å²) in [6, 6.07) is 11.2. The topological polar surface area (TPSA) is 88.5 Å². The second-order valence-corrected chi connectivity index (χ2v) is 7.64. The van der Waals surface area contributed by atoms with Crippen LogP contribution in [0, 0.1) is 0 Å². The van der Waals surface area contributed by atoms with Crippen LogP contribution in [0.4, 0.5) is 0 Å². The number of hydrogen-bond acceptors (Lipinski definition) is 7. The molecule has 1 atom stereocenters. The third-order valence-corrected chi connectivity index (χ3v) is 5.42. The van der Waals surface area contributed by atoms with E-state index in [9.17, 15) is 14.7 Å². The van der Waals surface area contributed by atoms with Crippen molar-refractivity contribution in [3.05, 3.63) is 59.2 Å². The van der Waals surface area contributed by atoms with E-state index in [2.05, 4.69) is 0 Å². The van der Waals surface area contributed by atoms with Gasteiger partial charge in [0.2, 0.25) is 0 Å². The van der Waals surface area contributed by atoms with E-state index in [1.165, 1.54) is 19.1 Å². The van der Waals surface area contributed by atoms with Crippen molar-refractivity contribution in [3.63, 3.8) is 0 Å². The predicted octanol–water partition coefficient (Wildman–Crippen LogP) is 2.70. The van der Waals surface area contributed by atoms with Crippen LogP contribution in [0.5, 0.6) is 17.2 Å². The van der Waals surface area contributed by atoms with Gasteiger partial charge in [-0.2, -0.15) is 0 Å². The van der Waals surface area contributed by atoms with Gasteiger partial charge in [-0.05, 0) is 50.0 Å². The van der Waals surface area contributed by atoms with E-state index < -0.39 is 17.7 Å². The number of carbonyl (C=O) groups is 2. The van der Waals surface area contributed by atoms with Gasteiger partial charge in [-0.25, -0.2) is 0 Å². The number of aliphatic hydroxyl groups is 1. The van der Waals surface area contributed by atoms with Crippen molar-refractivity contribution in [1.29, 1.82) is 0 Å². The molecule has 0 spiro atoms. The minimum Gasteiger partial charge on any atom is -0.507 e. The first-order chi connectivity index (χ1) is 15.3. The average Bonchev–Trinajstić information content (AvgIpc) is 3.06. The normalized spacial score (nSPS) is 17.7. The van der Waals surface area contributed by atoms with E-state index in [1.54, 1.807) is 49.6 Å². The number of carbonyl (C=O) groups excluding carboxylic acids is 2. The average molecular weight is 440 g/mol. The van der Waals surface area contributed by atoms with Crippen molar-refractivity contribution in [2.75, 3.05) is 48.5 Å². The fourth-order valence-electron chi connectivity index (χ4n) is 3.70. The van der Waals surface area contributed by atoms with Gasteiger partial charge in [-0.3, -0.25) is 9.59 Å². The number of likely N-dealkylation sites (N-methyl/N-ethyl adjacent to an activating group) is 1. The number of ether oxygens (including phenoxy) is 3. The van der Waals surface area contributed by atoms with E-state index in [1.807, 2.05) is 19.0 Å². The summed E-state index contributed by atoms with van der Waals surface area (Å²) in [5.41, 5.74) is 0.966. The van der Waals surface area contributed by atoms with Gasteiger partial charge in [0.25, 0.3) is 11.7 Å². The molecule has 1 amide bonds. The first kappa shape index (κ1) is 23.1. The van der Waals surface area contributed by atoms with Crippen LogP contribution in [0.25, 0.3) is 5.76 Å². The van der Waals surface area contributed by atoms with E-state index in [0.29, 0.717) is 35.9 Å². The molecule has 8 nitrogen and oxygen atoms in total. The van der Waals surface area contributed by atoms with Crippen molar-refractivity contribution in [1.82, 2.24) is 9.80 Å². The zero-order valence-corrected chi connectivity index (χ0v) is 18.9. The molecule has 1 unspecified atom stereocenters. The molecule has 0 aliphatic carbocycles. The number of benzene rings is 2. The first-order valence-corrected chi connectivity index (χ1v) is 10.1. The Morgan fingerprint density at radius 3 is 2.16 bits per heavy atom. The number of hydrogen-bond donors (Lipinski definition) is 1. The lowest BCUT2D eigenvalue weighted by Crippen LogP contribution is -2.35. The SMILES string of the molecule is COc1ccc(C2/C(=C(\O)c3cc(OC)ccc3OC)C(=O)C(=O)N2CCN(C)C)cc1. The minimum absolute atomic E-state index is 0.00507. The Balaban J connectivity index is 2.20. The molecule has 3 rings (SSSR count). The lowest BCUT2D eigenvalue weighted by Gasteiger charge is -2.26. The summed E-state index contributed by atoms with van der Waals surface area (Å²) in [7, 11) is 8.31. The van der Waals surface area contributed by atoms with E-state index in [4.69, 9.17) is 14.2 Å².